The fraction of sp³-hybridized carbons (Fsp3) is 0.0417. The smallest absolute Gasteiger partial charge is 0.143 e. The number of pyridine rings is 1. The molecule has 0 bridgehead atoms. The number of hydrogen-bond acceptors (Lipinski definition) is 2. The summed E-state index contributed by atoms with van der Waals surface area (Å²) < 4.78 is 1.09. The first-order chi connectivity index (χ1) is 14.8. The van der Waals surface area contributed by atoms with Gasteiger partial charge in [-0.1, -0.05) is 80.2 Å². The van der Waals surface area contributed by atoms with Crippen LogP contribution in [0.3, 0.4) is 0 Å². The normalized spacial score (nSPS) is 10.9. The van der Waals surface area contributed by atoms with E-state index in [2.05, 4.69) is 81.0 Å². The fourth-order valence-corrected chi connectivity index (χ4v) is 4.70. The minimum atomic E-state index is 0.395. The van der Waals surface area contributed by atoms with E-state index in [1.807, 2.05) is 34.0 Å². The molecule has 0 radical (unpaired) electrons. The molecule has 4 rings (SSSR count). The molecule has 0 atom stereocenters. The second-order valence-electron chi connectivity index (χ2n) is 8.17. The standard InChI is InChI=1S/C24H22B4BrNO/c1-12-10-18(14-8-6-13(7-9-14)15-4-2-3-5-17(15)29)30-11-16(12)19-20(25)22(27)24(31)23(28)21(19)26/h2-11,31H,25-28H2,1H3. The van der Waals surface area contributed by atoms with Crippen LogP contribution in [0.15, 0.2) is 65.3 Å². The fourth-order valence-electron chi connectivity index (χ4n) is 4.19. The Morgan fingerprint density at radius 3 is 1.94 bits per heavy atom. The molecule has 148 valence electrons. The molecule has 0 spiro atoms. The van der Waals surface area contributed by atoms with Gasteiger partial charge in [-0.05, 0) is 41.3 Å². The zero-order valence-corrected chi connectivity index (χ0v) is 20.1. The number of aromatic nitrogens is 1. The lowest BCUT2D eigenvalue weighted by atomic mass is 9.65. The summed E-state index contributed by atoms with van der Waals surface area (Å²) in [6.45, 7) is 2.13. The van der Waals surface area contributed by atoms with Crippen LogP contribution in [0.1, 0.15) is 5.56 Å². The van der Waals surface area contributed by atoms with Gasteiger partial charge < -0.3 is 5.11 Å². The highest BCUT2D eigenvalue weighted by Crippen LogP contribution is 2.30. The molecule has 3 aromatic carbocycles. The maximum Gasteiger partial charge on any atom is 0.143 e. The molecule has 7 heteroatoms. The molecule has 0 fully saturated rings. The van der Waals surface area contributed by atoms with Gasteiger partial charge in [0, 0.05) is 21.8 Å². The van der Waals surface area contributed by atoms with Crippen LogP contribution >= 0.6 is 15.9 Å². The van der Waals surface area contributed by atoms with Crippen LogP contribution in [-0.2, 0) is 0 Å². The van der Waals surface area contributed by atoms with Crippen molar-refractivity contribution in [3.05, 3.63) is 70.8 Å². The van der Waals surface area contributed by atoms with Gasteiger partial charge in [-0.25, -0.2) is 0 Å². The Hall–Kier alpha value is -2.65. The lowest BCUT2D eigenvalue weighted by Crippen LogP contribution is -2.42. The maximum absolute atomic E-state index is 10.4. The third kappa shape index (κ3) is 3.87. The van der Waals surface area contributed by atoms with Crippen LogP contribution in [0.5, 0.6) is 5.75 Å². The van der Waals surface area contributed by atoms with Gasteiger partial charge in [0.05, 0.1) is 5.69 Å². The van der Waals surface area contributed by atoms with Crippen molar-refractivity contribution in [2.24, 2.45) is 0 Å². The molecular formula is C24H22B4BrNO. The van der Waals surface area contributed by atoms with E-state index in [0.29, 0.717) is 5.75 Å². The number of aromatic hydroxyl groups is 1. The average molecular weight is 464 g/mol. The molecule has 0 aliphatic carbocycles. The first-order valence-electron chi connectivity index (χ1n) is 10.4. The summed E-state index contributed by atoms with van der Waals surface area (Å²) in [4.78, 5) is 4.80. The van der Waals surface area contributed by atoms with E-state index < -0.39 is 0 Å². The van der Waals surface area contributed by atoms with Crippen LogP contribution < -0.4 is 21.9 Å². The first-order valence-corrected chi connectivity index (χ1v) is 11.2. The third-order valence-electron chi connectivity index (χ3n) is 6.33. The molecule has 0 saturated carbocycles. The number of hydrogen-bond donors (Lipinski definition) is 1. The number of phenols is 1. The lowest BCUT2D eigenvalue weighted by Gasteiger charge is -2.20. The summed E-state index contributed by atoms with van der Waals surface area (Å²) in [6, 6.07) is 18.9. The predicted octanol–water partition coefficient (Wildman–Crippen LogP) is -0.107. The largest absolute Gasteiger partial charge is 0.509 e. The predicted molar refractivity (Wildman–Crippen MR) is 147 cm³/mol. The van der Waals surface area contributed by atoms with Gasteiger partial charge in [-0.15, -0.1) is 0 Å². The molecule has 0 aliphatic heterocycles. The quantitative estimate of drug-likeness (QED) is 0.431. The number of aryl methyl sites for hydroxylation is 1. The summed E-state index contributed by atoms with van der Waals surface area (Å²) in [6.07, 6.45) is 1.97. The zero-order chi connectivity index (χ0) is 22.3. The van der Waals surface area contributed by atoms with Gasteiger partial charge in [-0.3, -0.25) is 4.98 Å². The van der Waals surface area contributed by atoms with Crippen molar-refractivity contribution >= 4 is 69.2 Å². The van der Waals surface area contributed by atoms with Crippen LogP contribution in [-0.4, -0.2) is 41.5 Å². The summed E-state index contributed by atoms with van der Waals surface area (Å²) in [7, 11) is 8.10. The Morgan fingerprint density at radius 2 is 1.35 bits per heavy atom. The maximum atomic E-state index is 10.4. The van der Waals surface area contributed by atoms with Gasteiger partial charge in [0.2, 0.25) is 0 Å². The topological polar surface area (TPSA) is 33.1 Å². The monoisotopic (exact) mass is 463 g/mol. The minimum Gasteiger partial charge on any atom is -0.509 e. The van der Waals surface area contributed by atoms with E-state index in [1.54, 1.807) is 0 Å². The third-order valence-corrected chi connectivity index (χ3v) is 7.02. The van der Waals surface area contributed by atoms with Crippen LogP contribution in [0.4, 0.5) is 0 Å². The van der Waals surface area contributed by atoms with E-state index in [4.69, 9.17) is 4.98 Å². The number of phenolic OH excluding ortho intramolecular Hbond substituents is 1. The second kappa shape index (κ2) is 8.47. The summed E-state index contributed by atoms with van der Waals surface area (Å²) >= 11 is 3.63. The van der Waals surface area contributed by atoms with Crippen LogP contribution in [0, 0.1) is 6.92 Å². The van der Waals surface area contributed by atoms with E-state index in [0.717, 1.165) is 43.1 Å². The molecule has 0 aliphatic rings. The van der Waals surface area contributed by atoms with Crippen molar-refractivity contribution in [1.29, 1.82) is 0 Å². The minimum absolute atomic E-state index is 0.395. The van der Waals surface area contributed by atoms with Crippen molar-refractivity contribution in [3.8, 4) is 39.3 Å². The van der Waals surface area contributed by atoms with Crippen molar-refractivity contribution < 1.29 is 5.11 Å². The highest BCUT2D eigenvalue weighted by Gasteiger charge is 2.17. The average Bonchev–Trinajstić information content (AvgIpc) is 2.78. The molecule has 1 N–H and O–H groups in total. The Morgan fingerprint density at radius 1 is 0.774 bits per heavy atom. The van der Waals surface area contributed by atoms with Crippen molar-refractivity contribution in [1.82, 2.24) is 4.98 Å². The van der Waals surface area contributed by atoms with Gasteiger partial charge in [-0.2, -0.15) is 0 Å². The van der Waals surface area contributed by atoms with Crippen molar-refractivity contribution in [2.75, 3.05) is 0 Å². The zero-order valence-electron chi connectivity index (χ0n) is 18.5. The molecular weight excluding hydrogens is 441 g/mol. The van der Waals surface area contributed by atoms with Gasteiger partial charge >= 0.3 is 0 Å². The highest BCUT2D eigenvalue weighted by molar-refractivity contribution is 9.10. The highest BCUT2D eigenvalue weighted by atomic mass is 79.9. The van der Waals surface area contributed by atoms with Crippen molar-refractivity contribution in [3.63, 3.8) is 0 Å². The summed E-state index contributed by atoms with van der Waals surface area (Å²) in [5, 5.41) is 10.4. The summed E-state index contributed by atoms with van der Waals surface area (Å²) in [5.74, 6) is 0.395. The molecule has 1 aromatic heterocycles. The number of halogens is 1. The summed E-state index contributed by atoms with van der Waals surface area (Å²) in [5.41, 5.74) is 12.0. The molecule has 0 saturated heterocycles. The molecule has 0 amide bonds. The number of benzene rings is 3. The molecule has 2 nitrogen and oxygen atoms in total. The van der Waals surface area contributed by atoms with E-state index >= 15 is 0 Å². The Kier molecular flexibility index (Phi) is 5.90. The van der Waals surface area contributed by atoms with Crippen molar-refractivity contribution in [2.45, 2.75) is 6.92 Å². The van der Waals surface area contributed by atoms with Gasteiger partial charge in [0.1, 0.15) is 37.1 Å². The van der Waals surface area contributed by atoms with Crippen LogP contribution in [0.2, 0.25) is 0 Å². The van der Waals surface area contributed by atoms with Gasteiger partial charge in [0.15, 0.2) is 0 Å². The SMILES string of the molecule is Bc1c(B)c(-c2cnc(-c3ccc(-c4ccccc4Br)cc3)cc2C)c(B)c(B)c1O. The molecule has 4 aromatic rings. The Bertz CT molecular complexity index is 1280. The molecule has 31 heavy (non-hydrogen) atoms. The second-order valence-corrected chi connectivity index (χ2v) is 9.02. The van der Waals surface area contributed by atoms with E-state index in [-0.39, 0.29) is 0 Å². The molecule has 1 heterocycles. The Labute approximate surface area is 195 Å². The Balaban J connectivity index is 1.73. The lowest BCUT2D eigenvalue weighted by molar-refractivity contribution is 0.484. The molecule has 0 unspecified atom stereocenters. The van der Waals surface area contributed by atoms with E-state index in [9.17, 15) is 5.11 Å². The number of nitrogens with zero attached hydrogens (tertiary/aromatic N) is 1. The van der Waals surface area contributed by atoms with Gasteiger partial charge in [0.25, 0.3) is 0 Å². The van der Waals surface area contributed by atoms with E-state index in [1.165, 1.54) is 22.3 Å². The number of rotatable bonds is 3. The van der Waals surface area contributed by atoms with Crippen LogP contribution in [0.25, 0.3) is 33.5 Å². The first kappa shape index (κ1) is 21.6.